The van der Waals surface area contributed by atoms with Crippen LogP contribution >= 0.6 is 23.1 Å². The number of halogens is 1. The first-order valence-corrected chi connectivity index (χ1v) is 7.96. The number of hydrogen-bond donors (Lipinski definition) is 0. The fourth-order valence-corrected chi connectivity index (χ4v) is 3.48. The number of alkyl halides is 1. The Morgan fingerprint density at radius 2 is 2.22 bits per heavy atom. The zero-order valence-corrected chi connectivity index (χ0v) is 13.0. The summed E-state index contributed by atoms with van der Waals surface area (Å²) in [6.45, 7) is 8.67. The number of aromatic nitrogens is 2. The van der Waals surface area contributed by atoms with Crippen molar-refractivity contribution < 1.29 is 0 Å². The highest BCUT2D eigenvalue weighted by atomic mass is 35.5. The SMILES string of the molecule is CC(C)(C)c1nsc(N2CCCC(CCCl)C2)n1. The van der Waals surface area contributed by atoms with Crippen LogP contribution in [0.15, 0.2) is 0 Å². The summed E-state index contributed by atoms with van der Waals surface area (Å²) in [6, 6.07) is 0. The second-order valence-electron chi connectivity index (χ2n) is 6.08. The lowest BCUT2D eigenvalue weighted by Gasteiger charge is -2.32. The molecule has 1 aliphatic rings. The van der Waals surface area contributed by atoms with Gasteiger partial charge in [0.1, 0.15) is 5.82 Å². The molecule has 0 N–H and O–H groups in total. The zero-order chi connectivity index (χ0) is 13.2. The summed E-state index contributed by atoms with van der Waals surface area (Å²) in [7, 11) is 0. The highest BCUT2D eigenvalue weighted by Crippen LogP contribution is 2.29. The normalized spacial score (nSPS) is 21.3. The minimum atomic E-state index is 0.0417. The first kappa shape index (κ1) is 14.1. The lowest BCUT2D eigenvalue weighted by atomic mass is 9.95. The van der Waals surface area contributed by atoms with Gasteiger partial charge in [0.2, 0.25) is 5.13 Å². The molecule has 0 spiro atoms. The summed E-state index contributed by atoms with van der Waals surface area (Å²) in [5, 5.41) is 1.08. The monoisotopic (exact) mass is 287 g/mol. The largest absolute Gasteiger partial charge is 0.347 e. The maximum absolute atomic E-state index is 5.85. The van der Waals surface area contributed by atoms with E-state index in [4.69, 9.17) is 16.6 Å². The highest BCUT2D eigenvalue weighted by molar-refractivity contribution is 7.09. The van der Waals surface area contributed by atoms with E-state index < -0.39 is 0 Å². The molecule has 1 aromatic heterocycles. The average Bonchev–Trinajstić information content (AvgIpc) is 2.78. The molecule has 0 aromatic carbocycles. The van der Waals surface area contributed by atoms with Gasteiger partial charge in [-0.15, -0.1) is 11.6 Å². The fraction of sp³-hybridized carbons (Fsp3) is 0.846. The van der Waals surface area contributed by atoms with Crippen molar-refractivity contribution in [1.82, 2.24) is 9.36 Å². The number of rotatable bonds is 3. The summed E-state index contributed by atoms with van der Waals surface area (Å²) in [5.74, 6) is 2.45. The van der Waals surface area contributed by atoms with Crippen molar-refractivity contribution in [1.29, 1.82) is 0 Å². The van der Waals surface area contributed by atoms with Gasteiger partial charge in [-0.05, 0) is 25.2 Å². The Balaban J connectivity index is 2.05. The second-order valence-corrected chi connectivity index (χ2v) is 7.19. The van der Waals surface area contributed by atoms with Crippen molar-refractivity contribution in [2.45, 2.75) is 45.4 Å². The van der Waals surface area contributed by atoms with Gasteiger partial charge in [0.05, 0.1) is 0 Å². The van der Waals surface area contributed by atoms with Crippen LogP contribution in [0.3, 0.4) is 0 Å². The average molecular weight is 288 g/mol. The van der Waals surface area contributed by atoms with Crippen LogP contribution in [-0.4, -0.2) is 28.3 Å². The molecule has 1 aliphatic heterocycles. The third-order valence-corrected chi connectivity index (χ3v) is 4.39. The lowest BCUT2D eigenvalue weighted by molar-refractivity contribution is 0.405. The molecule has 2 rings (SSSR count). The molecule has 1 aromatic rings. The molecule has 1 unspecified atom stereocenters. The van der Waals surface area contributed by atoms with Crippen LogP contribution < -0.4 is 4.90 Å². The highest BCUT2D eigenvalue weighted by Gasteiger charge is 2.25. The second kappa shape index (κ2) is 5.74. The zero-order valence-electron chi connectivity index (χ0n) is 11.4. The van der Waals surface area contributed by atoms with Crippen molar-refractivity contribution in [3.8, 4) is 0 Å². The van der Waals surface area contributed by atoms with Crippen LogP contribution in [0, 0.1) is 5.92 Å². The van der Waals surface area contributed by atoms with E-state index >= 15 is 0 Å². The van der Waals surface area contributed by atoms with Gasteiger partial charge in [0, 0.05) is 35.9 Å². The van der Waals surface area contributed by atoms with Gasteiger partial charge < -0.3 is 4.90 Å². The molecular formula is C13H22ClN3S. The molecule has 1 saturated heterocycles. The number of anilines is 1. The van der Waals surface area contributed by atoms with E-state index in [-0.39, 0.29) is 5.41 Å². The van der Waals surface area contributed by atoms with E-state index in [1.165, 1.54) is 24.4 Å². The van der Waals surface area contributed by atoms with Crippen LogP contribution in [0.5, 0.6) is 0 Å². The van der Waals surface area contributed by atoms with Gasteiger partial charge >= 0.3 is 0 Å². The summed E-state index contributed by atoms with van der Waals surface area (Å²) < 4.78 is 4.50. The minimum Gasteiger partial charge on any atom is -0.347 e. The Labute approximate surface area is 119 Å². The molecule has 102 valence electrons. The van der Waals surface area contributed by atoms with Crippen molar-refractivity contribution in [3.63, 3.8) is 0 Å². The van der Waals surface area contributed by atoms with E-state index in [0.29, 0.717) is 0 Å². The molecule has 0 aliphatic carbocycles. The molecule has 18 heavy (non-hydrogen) atoms. The molecule has 0 radical (unpaired) electrons. The molecule has 0 bridgehead atoms. The first-order valence-electron chi connectivity index (χ1n) is 6.66. The van der Waals surface area contributed by atoms with Gasteiger partial charge in [-0.1, -0.05) is 20.8 Å². The van der Waals surface area contributed by atoms with Crippen molar-refractivity contribution in [2.24, 2.45) is 5.92 Å². The number of nitrogens with zero attached hydrogens (tertiary/aromatic N) is 3. The van der Waals surface area contributed by atoms with E-state index in [2.05, 4.69) is 30.0 Å². The minimum absolute atomic E-state index is 0.0417. The maximum Gasteiger partial charge on any atom is 0.205 e. The molecule has 0 saturated carbocycles. The predicted octanol–water partition coefficient (Wildman–Crippen LogP) is 3.68. The Hall–Kier alpha value is -0.350. The van der Waals surface area contributed by atoms with Crippen LogP contribution in [0.2, 0.25) is 0 Å². The van der Waals surface area contributed by atoms with Gasteiger partial charge in [-0.3, -0.25) is 0 Å². The standard InChI is InChI=1S/C13H22ClN3S/c1-13(2,3)11-15-12(18-16-11)17-8-4-5-10(9-17)6-7-14/h10H,4-9H2,1-3H3. The van der Waals surface area contributed by atoms with Crippen molar-refractivity contribution in [2.75, 3.05) is 23.9 Å². The summed E-state index contributed by atoms with van der Waals surface area (Å²) in [6.07, 6.45) is 3.66. The third-order valence-electron chi connectivity index (χ3n) is 3.39. The molecule has 5 heteroatoms. The molecule has 2 heterocycles. The van der Waals surface area contributed by atoms with Crippen molar-refractivity contribution in [3.05, 3.63) is 5.82 Å². The Morgan fingerprint density at radius 1 is 1.44 bits per heavy atom. The van der Waals surface area contributed by atoms with E-state index in [0.717, 1.165) is 42.3 Å². The van der Waals surface area contributed by atoms with E-state index in [9.17, 15) is 0 Å². The molecule has 3 nitrogen and oxygen atoms in total. The molecular weight excluding hydrogens is 266 g/mol. The molecule has 1 atom stereocenters. The van der Waals surface area contributed by atoms with Crippen LogP contribution in [0.4, 0.5) is 5.13 Å². The summed E-state index contributed by atoms with van der Waals surface area (Å²) >= 11 is 7.38. The first-order chi connectivity index (χ1) is 8.50. The smallest absolute Gasteiger partial charge is 0.205 e. The van der Waals surface area contributed by atoms with E-state index in [1.807, 2.05) is 0 Å². The van der Waals surface area contributed by atoms with E-state index in [1.54, 1.807) is 0 Å². The van der Waals surface area contributed by atoms with Gasteiger partial charge in [-0.25, -0.2) is 4.98 Å². The quantitative estimate of drug-likeness (QED) is 0.794. The van der Waals surface area contributed by atoms with Crippen LogP contribution in [0.25, 0.3) is 0 Å². The number of hydrogen-bond acceptors (Lipinski definition) is 4. The van der Waals surface area contributed by atoms with Crippen LogP contribution in [0.1, 0.15) is 45.9 Å². The predicted molar refractivity (Wildman–Crippen MR) is 78.9 cm³/mol. The molecule has 0 amide bonds. The lowest BCUT2D eigenvalue weighted by Crippen LogP contribution is -2.35. The van der Waals surface area contributed by atoms with Crippen LogP contribution in [-0.2, 0) is 5.41 Å². The third kappa shape index (κ3) is 3.35. The Morgan fingerprint density at radius 3 is 2.83 bits per heavy atom. The van der Waals surface area contributed by atoms with Crippen molar-refractivity contribution >= 4 is 28.3 Å². The Bertz CT molecular complexity index is 384. The van der Waals surface area contributed by atoms with Gasteiger partial charge in [0.25, 0.3) is 0 Å². The molecule has 1 fully saturated rings. The Kier molecular flexibility index (Phi) is 4.49. The van der Waals surface area contributed by atoms with Gasteiger partial charge in [0.15, 0.2) is 0 Å². The topological polar surface area (TPSA) is 29.0 Å². The summed E-state index contributed by atoms with van der Waals surface area (Å²) in [4.78, 5) is 7.08. The summed E-state index contributed by atoms with van der Waals surface area (Å²) in [5.41, 5.74) is 0.0417. The maximum atomic E-state index is 5.85. The number of piperidine rings is 1. The van der Waals surface area contributed by atoms with Gasteiger partial charge in [-0.2, -0.15) is 4.37 Å². The fourth-order valence-electron chi connectivity index (χ4n) is 2.28.